The van der Waals surface area contributed by atoms with Crippen molar-refractivity contribution >= 4 is 6.08 Å². The molecule has 4 heteroatoms. The zero-order chi connectivity index (χ0) is 46.8. The number of phenolic OH excluding ortho intramolecular Hbond substituents is 1. The fourth-order valence-electron chi connectivity index (χ4n) is 7.97. The molecule has 1 N–H and O–H groups in total. The molecule has 1 aromatic rings. The molecule has 1 unspecified atom stereocenters. The van der Waals surface area contributed by atoms with E-state index < -0.39 is 5.60 Å². The van der Waals surface area contributed by atoms with Crippen LogP contribution in [0.4, 0.5) is 0 Å². The lowest BCUT2D eigenvalue weighted by atomic mass is 9.92. The van der Waals surface area contributed by atoms with Crippen LogP contribution in [0.2, 0.25) is 0 Å². The molecule has 63 heavy (non-hydrogen) atoms. The lowest BCUT2D eigenvalue weighted by Gasteiger charge is -2.33. The Morgan fingerprint density at radius 3 is 1.10 bits per heavy atom. The van der Waals surface area contributed by atoms with Gasteiger partial charge in [0.05, 0.1) is 14.2 Å². The molecule has 0 aliphatic carbocycles. The first-order chi connectivity index (χ1) is 30.0. The molecule has 1 aliphatic heterocycles. The zero-order valence-electron chi connectivity index (χ0n) is 42.8. The van der Waals surface area contributed by atoms with Crippen LogP contribution in [0.1, 0.15) is 203 Å². The Morgan fingerprint density at radius 2 is 0.794 bits per heavy atom. The van der Waals surface area contributed by atoms with Crippen LogP contribution < -0.4 is 14.2 Å². The van der Waals surface area contributed by atoms with E-state index >= 15 is 0 Å². The Labute approximate surface area is 387 Å². The molecule has 0 saturated carbocycles. The number of allylic oxidation sites excluding steroid dienone is 18. The smallest absolute Gasteiger partial charge is 0.207 e. The van der Waals surface area contributed by atoms with E-state index in [2.05, 4.69) is 137 Å². The molecule has 0 bridgehead atoms. The third-order valence-electron chi connectivity index (χ3n) is 12.4. The minimum Gasteiger partial charge on any atom is -0.504 e. The minimum absolute atomic E-state index is 0.0867. The highest BCUT2D eigenvalue weighted by Crippen LogP contribution is 2.52. The molecule has 0 radical (unpaired) electrons. The number of ether oxygens (including phenoxy) is 3. The summed E-state index contributed by atoms with van der Waals surface area (Å²) in [6.07, 6.45) is 46.0. The normalized spacial score (nSPS) is 16.9. The number of fused-ring (bicyclic) bond motifs is 1. The van der Waals surface area contributed by atoms with Gasteiger partial charge in [0.25, 0.3) is 0 Å². The number of aromatic hydroxyl groups is 1. The van der Waals surface area contributed by atoms with E-state index in [0.717, 1.165) is 107 Å². The van der Waals surface area contributed by atoms with Gasteiger partial charge in [0.1, 0.15) is 5.60 Å². The van der Waals surface area contributed by atoms with Gasteiger partial charge in [-0.05, 0) is 205 Å². The molecule has 0 spiro atoms. The molecule has 1 aliphatic rings. The number of rotatable bonds is 29. The number of phenols is 1. The standard InChI is InChI=1S/C59H90O4/c1-44(2)24-15-25-45(3)26-16-27-46(4)28-17-29-47(5)30-18-31-48(6)32-19-33-49(7)34-20-35-50(8)36-21-37-51(9)38-22-39-52(10)40-23-42-59(12)43-41-54-53(11)55(60)57(61-13)58(62-14)56(54)63-59/h24,26,28,30,32,34,36,38,40-41,43,60H,15-23,25,27,29,31,33,35,37,39,42H2,1-14H3. The van der Waals surface area contributed by atoms with Crippen molar-refractivity contribution in [2.24, 2.45) is 0 Å². The van der Waals surface area contributed by atoms with Crippen molar-refractivity contribution in [3.8, 4) is 23.0 Å². The topological polar surface area (TPSA) is 47.9 Å². The maximum Gasteiger partial charge on any atom is 0.207 e. The molecule has 1 aromatic carbocycles. The average Bonchev–Trinajstić information content (AvgIpc) is 3.21. The summed E-state index contributed by atoms with van der Waals surface area (Å²) in [6.45, 7) is 26.6. The van der Waals surface area contributed by atoms with Crippen molar-refractivity contribution in [1.82, 2.24) is 0 Å². The van der Waals surface area contributed by atoms with Crippen molar-refractivity contribution in [2.75, 3.05) is 14.2 Å². The van der Waals surface area contributed by atoms with Gasteiger partial charge >= 0.3 is 0 Å². The van der Waals surface area contributed by atoms with Crippen LogP contribution in [0.3, 0.4) is 0 Å². The highest BCUT2D eigenvalue weighted by atomic mass is 16.5. The molecule has 2 rings (SSSR count). The molecular formula is C59H90O4. The maximum atomic E-state index is 10.6. The summed E-state index contributed by atoms with van der Waals surface area (Å²) in [4.78, 5) is 0. The van der Waals surface area contributed by atoms with E-state index in [-0.39, 0.29) is 5.75 Å². The second-order valence-electron chi connectivity index (χ2n) is 19.1. The third-order valence-corrected chi connectivity index (χ3v) is 12.4. The summed E-state index contributed by atoms with van der Waals surface area (Å²) < 4.78 is 17.6. The number of methoxy groups -OCH3 is 2. The molecule has 4 nitrogen and oxygen atoms in total. The molecule has 350 valence electrons. The van der Waals surface area contributed by atoms with Crippen molar-refractivity contribution in [1.29, 1.82) is 0 Å². The van der Waals surface area contributed by atoms with E-state index in [1.165, 1.54) is 76.5 Å². The summed E-state index contributed by atoms with van der Waals surface area (Å²) in [5, 5.41) is 10.6. The molecule has 0 aromatic heterocycles. The Bertz CT molecular complexity index is 1890. The summed E-state index contributed by atoms with van der Waals surface area (Å²) in [6, 6.07) is 0. The molecule has 0 fully saturated rings. The second kappa shape index (κ2) is 30.0. The minimum atomic E-state index is -0.474. The van der Waals surface area contributed by atoms with Gasteiger partial charge in [0.2, 0.25) is 11.5 Å². The van der Waals surface area contributed by atoms with Crippen LogP contribution in [-0.2, 0) is 0 Å². The molecule has 1 heterocycles. The Balaban J connectivity index is 1.62. The summed E-state index contributed by atoms with van der Waals surface area (Å²) >= 11 is 0. The van der Waals surface area contributed by atoms with Gasteiger partial charge in [-0.2, -0.15) is 0 Å². The van der Waals surface area contributed by atoms with Gasteiger partial charge in [0.15, 0.2) is 11.5 Å². The molecule has 0 saturated heterocycles. The molecule has 0 amide bonds. The highest BCUT2D eigenvalue weighted by Gasteiger charge is 2.33. The van der Waals surface area contributed by atoms with Crippen LogP contribution in [-0.4, -0.2) is 24.9 Å². The van der Waals surface area contributed by atoms with E-state index in [1.54, 1.807) is 7.11 Å². The Hall–Kier alpha value is -4.18. The van der Waals surface area contributed by atoms with Gasteiger partial charge in [-0.25, -0.2) is 0 Å². The summed E-state index contributed by atoms with van der Waals surface area (Å²) in [7, 11) is 3.11. The van der Waals surface area contributed by atoms with Crippen LogP contribution in [0.15, 0.2) is 111 Å². The summed E-state index contributed by atoms with van der Waals surface area (Å²) in [5.41, 5.74) is 14.5. The van der Waals surface area contributed by atoms with Crippen molar-refractivity contribution in [3.05, 3.63) is 122 Å². The van der Waals surface area contributed by atoms with Gasteiger partial charge in [-0.3, -0.25) is 0 Å². The lowest BCUT2D eigenvalue weighted by molar-refractivity contribution is 0.122. The van der Waals surface area contributed by atoms with Gasteiger partial charge in [-0.15, -0.1) is 0 Å². The van der Waals surface area contributed by atoms with Crippen LogP contribution >= 0.6 is 0 Å². The quantitative estimate of drug-likeness (QED) is 0.0815. The predicted molar refractivity (Wildman–Crippen MR) is 277 cm³/mol. The van der Waals surface area contributed by atoms with Crippen molar-refractivity contribution in [2.45, 2.75) is 204 Å². The largest absolute Gasteiger partial charge is 0.504 e. The second-order valence-corrected chi connectivity index (χ2v) is 19.1. The first-order valence-corrected chi connectivity index (χ1v) is 24.2. The zero-order valence-corrected chi connectivity index (χ0v) is 42.8. The molecule has 1 atom stereocenters. The van der Waals surface area contributed by atoms with Crippen LogP contribution in [0.5, 0.6) is 23.0 Å². The fourth-order valence-corrected chi connectivity index (χ4v) is 7.97. The van der Waals surface area contributed by atoms with E-state index in [4.69, 9.17) is 14.2 Å². The maximum absolute atomic E-state index is 10.6. The SMILES string of the molecule is COc1c(O)c(C)c2c(c1OC)OC(C)(CCC=C(C)CCC=C(C)CCC=C(C)CCC=C(C)CCC=C(C)CCC=C(C)CCC=C(C)CCC=C(C)CCC=C(C)C)C=C2. The lowest BCUT2D eigenvalue weighted by Crippen LogP contribution is -2.32. The summed E-state index contributed by atoms with van der Waals surface area (Å²) in [5.74, 6) is 1.46. The van der Waals surface area contributed by atoms with Gasteiger partial charge < -0.3 is 19.3 Å². The highest BCUT2D eigenvalue weighted by molar-refractivity contribution is 5.76. The predicted octanol–water partition coefficient (Wildman–Crippen LogP) is 18.4. The van der Waals surface area contributed by atoms with E-state index in [9.17, 15) is 5.11 Å². The van der Waals surface area contributed by atoms with Gasteiger partial charge in [0, 0.05) is 11.1 Å². The average molecular weight is 863 g/mol. The first-order valence-electron chi connectivity index (χ1n) is 24.2. The van der Waals surface area contributed by atoms with E-state index in [0.29, 0.717) is 17.2 Å². The van der Waals surface area contributed by atoms with Gasteiger partial charge in [-0.1, -0.05) is 111 Å². The van der Waals surface area contributed by atoms with Crippen LogP contribution in [0, 0.1) is 6.92 Å². The van der Waals surface area contributed by atoms with Crippen LogP contribution in [0.25, 0.3) is 6.08 Å². The number of hydrogen-bond acceptors (Lipinski definition) is 4. The monoisotopic (exact) mass is 863 g/mol. The first kappa shape index (κ1) is 55.0. The fraction of sp³-hybridized carbons (Fsp3) is 0.559. The van der Waals surface area contributed by atoms with E-state index in [1.807, 2.05) is 13.0 Å². The van der Waals surface area contributed by atoms with Crippen molar-refractivity contribution in [3.63, 3.8) is 0 Å². The van der Waals surface area contributed by atoms with Crippen molar-refractivity contribution < 1.29 is 19.3 Å². The Kier molecular flexibility index (Phi) is 26.2. The number of hydrogen-bond donors (Lipinski definition) is 1. The third kappa shape index (κ3) is 22.3. The Morgan fingerprint density at radius 1 is 0.492 bits per heavy atom. The number of benzene rings is 1. The molecular weight excluding hydrogens is 773 g/mol.